The van der Waals surface area contributed by atoms with E-state index in [2.05, 4.69) is 6.92 Å². The van der Waals surface area contributed by atoms with Gasteiger partial charge in [-0.3, -0.25) is 0 Å². The van der Waals surface area contributed by atoms with E-state index in [1.54, 1.807) is 0 Å². The van der Waals surface area contributed by atoms with E-state index in [1.807, 2.05) is 0 Å². The first-order valence-corrected chi connectivity index (χ1v) is 4.25. The van der Waals surface area contributed by atoms with E-state index < -0.39 is 5.97 Å². The Balaban J connectivity index is 0.00000121. The van der Waals surface area contributed by atoms with Gasteiger partial charge >= 0.3 is 5.97 Å². The Kier molecular flexibility index (Phi) is 4.78. The van der Waals surface area contributed by atoms with Gasteiger partial charge in [-0.1, -0.05) is 0 Å². The van der Waals surface area contributed by atoms with Crippen molar-refractivity contribution < 1.29 is 31.4 Å². The van der Waals surface area contributed by atoms with Crippen molar-refractivity contribution >= 4 is 5.97 Å². The molecule has 1 saturated heterocycles. The molecule has 1 fully saturated rings. The van der Waals surface area contributed by atoms with Gasteiger partial charge in [-0.05, 0) is 6.92 Å². The van der Waals surface area contributed by atoms with Crippen LogP contribution in [0, 0.1) is 0 Å². The summed E-state index contributed by atoms with van der Waals surface area (Å²) in [6, 6.07) is 0. The van der Waals surface area contributed by atoms with Gasteiger partial charge in [0, 0.05) is 12.8 Å². The predicted molar refractivity (Wildman–Crippen MR) is 42.3 cm³/mol. The largest absolute Gasteiger partial charge is 1.00 e. The summed E-state index contributed by atoms with van der Waals surface area (Å²) in [5.41, 5.74) is 0. The number of carboxylic acid groups (broad SMARTS) is 1. The third kappa shape index (κ3) is 2.75. The van der Waals surface area contributed by atoms with Gasteiger partial charge in [0.1, 0.15) is 0 Å². The zero-order valence-corrected chi connectivity index (χ0v) is 9.01. The molecule has 72 valence electrons. The molecule has 12 heavy (non-hydrogen) atoms. The number of carboxylic acids is 1. The number of aliphatic carboxylic acids is 1. The summed E-state index contributed by atoms with van der Waals surface area (Å²) in [4.78, 5) is 10.5. The van der Waals surface area contributed by atoms with E-state index in [4.69, 9.17) is 5.11 Å². The average molecular weight is 238 g/mol. The molecule has 0 saturated carbocycles. The van der Waals surface area contributed by atoms with Crippen LogP contribution in [0.1, 0.15) is 19.8 Å². The quantitative estimate of drug-likeness (QED) is 0.562. The average Bonchev–Trinajstić information content (AvgIpc) is 2.36. The zero-order chi connectivity index (χ0) is 8.32. The molecule has 0 aromatic heterocycles. The zero-order valence-electron chi connectivity index (χ0n) is 7.42. The maximum atomic E-state index is 10.5. The molecule has 0 radical (unpaired) electrons. The predicted octanol–water partition coefficient (Wildman–Crippen LogP) is -2.29. The van der Waals surface area contributed by atoms with Gasteiger partial charge in [-0.15, -0.1) is 0 Å². The monoisotopic (exact) mass is 237 g/mol. The van der Waals surface area contributed by atoms with Gasteiger partial charge in [0.05, 0.1) is 19.6 Å². The number of quaternary nitrogens is 1. The summed E-state index contributed by atoms with van der Waals surface area (Å²) in [6.07, 6.45) is 2.39. The molecule has 3 nitrogen and oxygen atoms in total. The summed E-state index contributed by atoms with van der Waals surface area (Å²) in [6.45, 7) is 5.47. The number of nitrogens with zero attached hydrogens (tertiary/aromatic N) is 1. The molecule has 0 aromatic rings. The lowest BCUT2D eigenvalue weighted by Gasteiger charge is -2.30. The first-order valence-electron chi connectivity index (χ1n) is 4.25. The van der Waals surface area contributed by atoms with E-state index in [-0.39, 0.29) is 17.0 Å². The normalized spacial score (nSPS) is 20.1. The van der Waals surface area contributed by atoms with Crippen molar-refractivity contribution in [3.63, 3.8) is 0 Å². The smallest absolute Gasteiger partial charge is 0.359 e. The molecule has 1 aliphatic rings. The van der Waals surface area contributed by atoms with Gasteiger partial charge in [0.2, 0.25) is 0 Å². The molecule has 0 atom stereocenters. The van der Waals surface area contributed by atoms with Crippen LogP contribution in [0.15, 0.2) is 0 Å². The van der Waals surface area contributed by atoms with Crippen LogP contribution in [0.3, 0.4) is 0 Å². The van der Waals surface area contributed by atoms with Gasteiger partial charge in [-0.2, -0.15) is 0 Å². The Hall–Kier alpha value is -0.0900. The number of hydrogen-bond donors (Lipinski definition) is 1. The number of rotatable bonds is 3. The SMILES string of the molecule is CC[N+]1(CC(=O)O)CCCC1.[Br-]. The number of carbonyl (C=O) groups is 1. The topological polar surface area (TPSA) is 37.3 Å². The number of halogens is 1. The van der Waals surface area contributed by atoms with Crippen molar-refractivity contribution in [2.75, 3.05) is 26.2 Å². The van der Waals surface area contributed by atoms with E-state index in [0.717, 1.165) is 24.1 Å². The maximum Gasteiger partial charge on any atom is 0.359 e. The highest BCUT2D eigenvalue weighted by atomic mass is 79.9. The Bertz CT molecular complexity index is 155. The highest BCUT2D eigenvalue weighted by Gasteiger charge is 2.32. The van der Waals surface area contributed by atoms with E-state index in [1.165, 1.54) is 12.8 Å². The third-order valence-electron chi connectivity index (χ3n) is 2.66. The molecular formula is C8H16BrNO2. The second-order valence-electron chi connectivity index (χ2n) is 3.36. The molecule has 4 heteroatoms. The summed E-state index contributed by atoms with van der Waals surface area (Å²) >= 11 is 0. The summed E-state index contributed by atoms with van der Waals surface area (Å²) < 4.78 is 0.801. The van der Waals surface area contributed by atoms with E-state index in [9.17, 15) is 4.79 Å². The fraction of sp³-hybridized carbons (Fsp3) is 0.875. The second kappa shape index (κ2) is 4.82. The highest BCUT2D eigenvalue weighted by molar-refractivity contribution is 5.67. The summed E-state index contributed by atoms with van der Waals surface area (Å²) in [7, 11) is 0. The van der Waals surface area contributed by atoms with Gasteiger partial charge in [0.15, 0.2) is 6.54 Å². The maximum absolute atomic E-state index is 10.5. The van der Waals surface area contributed by atoms with Gasteiger partial charge in [-0.25, -0.2) is 4.79 Å². The molecule has 1 N–H and O–H groups in total. The van der Waals surface area contributed by atoms with Crippen molar-refractivity contribution in [2.45, 2.75) is 19.8 Å². The lowest BCUT2D eigenvalue weighted by atomic mass is 10.4. The van der Waals surface area contributed by atoms with Crippen LogP contribution in [-0.2, 0) is 4.79 Å². The van der Waals surface area contributed by atoms with E-state index >= 15 is 0 Å². The molecule has 1 aliphatic heterocycles. The standard InChI is InChI=1S/C8H15NO2.BrH/c1-2-9(7-8(10)11)5-3-4-6-9;/h2-7H2,1H3;1H. The molecule has 0 aromatic carbocycles. The lowest BCUT2D eigenvalue weighted by Crippen LogP contribution is -3.00. The minimum atomic E-state index is -0.659. The first kappa shape index (κ1) is 11.9. The van der Waals surface area contributed by atoms with Crippen LogP contribution < -0.4 is 17.0 Å². The van der Waals surface area contributed by atoms with Crippen molar-refractivity contribution in [1.82, 2.24) is 0 Å². The van der Waals surface area contributed by atoms with Crippen LogP contribution in [-0.4, -0.2) is 41.7 Å². The molecule has 0 unspecified atom stereocenters. The lowest BCUT2D eigenvalue weighted by molar-refractivity contribution is -0.908. The molecule has 1 rings (SSSR count). The summed E-state index contributed by atoms with van der Waals surface area (Å²) in [5, 5.41) is 8.65. The van der Waals surface area contributed by atoms with Gasteiger partial charge in [0.25, 0.3) is 0 Å². The molecule has 0 spiro atoms. The Morgan fingerprint density at radius 2 is 1.92 bits per heavy atom. The van der Waals surface area contributed by atoms with Crippen molar-refractivity contribution in [3.8, 4) is 0 Å². The fourth-order valence-electron chi connectivity index (χ4n) is 1.88. The summed E-state index contributed by atoms with van der Waals surface area (Å²) in [5.74, 6) is -0.659. The fourth-order valence-corrected chi connectivity index (χ4v) is 1.88. The molecule has 0 aliphatic carbocycles. The van der Waals surface area contributed by atoms with Crippen molar-refractivity contribution in [3.05, 3.63) is 0 Å². The molecule has 1 heterocycles. The van der Waals surface area contributed by atoms with Gasteiger partial charge < -0.3 is 26.6 Å². The Labute approximate surface area is 83.7 Å². The van der Waals surface area contributed by atoms with Crippen LogP contribution in [0.5, 0.6) is 0 Å². The third-order valence-corrected chi connectivity index (χ3v) is 2.66. The minimum Gasteiger partial charge on any atom is -1.00 e. The minimum absolute atomic E-state index is 0. The molecular weight excluding hydrogens is 222 g/mol. The van der Waals surface area contributed by atoms with Crippen LogP contribution in [0.4, 0.5) is 0 Å². The highest BCUT2D eigenvalue weighted by Crippen LogP contribution is 2.18. The van der Waals surface area contributed by atoms with Crippen LogP contribution in [0.25, 0.3) is 0 Å². The van der Waals surface area contributed by atoms with Crippen molar-refractivity contribution in [1.29, 1.82) is 0 Å². The van der Waals surface area contributed by atoms with E-state index in [0.29, 0.717) is 6.54 Å². The number of likely N-dealkylation sites (N-methyl/N-ethyl adjacent to an activating group) is 1. The first-order chi connectivity index (χ1) is 5.18. The van der Waals surface area contributed by atoms with Crippen molar-refractivity contribution in [2.24, 2.45) is 0 Å². The number of likely N-dealkylation sites (tertiary alicyclic amines) is 1. The second-order valence-corrected chi connectivity index (χ2v) is 3.36. The Morgan fingerprint density at radius 1 is 1.42 bits per heavy atom. The molecule has 0 amide bonds. The Morgan fingerprint density at radius 3 is 2.25 bits per heavy atom. The number of hydrogen-bond acceptors (Lipinski definition) is 1. The van der Waals surface area contributed by atoms with Crippen LogP contribution in [0.2, 0.25) is 0 Å². The van der Waals surface area contributed by atoms with Crippen LogP contribution >= 0.6 is 0 Å². The molecule has 0 bridgehead atoms.